The molecule has 4 heteroatoms. The molecule has 0 unspecified atom stereocenters. The van der Waals surface area contributed by atoms with Crippen LogP contribution in [0.2, 0.25) is 0 Å². The van der Waals surface area contributed by atoms with Gasteiger partial charge in [0.05, 0.1) is 15.1 Å². The summed E-state index contributed by atoms with van der Waals surface area (Å²) in [6.45, 7) is 0. The standard InChI is InChI=1S/C45H29N3O/c1-4-12-30(13-5-1)33-22-24-34(25-23-33)43-46-44(37-19-10-18-35(28-37)31-14-6-2-7-15-31)48-45(47-43)38-20-11-21-41-42(38)39-29-36(26-27-40(39)49-41)32-16-8-3-9-17-32/h1-29H/i3D,8D,9D,11D,16D,17D,20D,21D,26D,27D,29D. The molecule has 230 valence electrons. The van der Waals surface area contributed by atoms with Crippen LogP contribution in [0.3, 0.4) is 0 Å². The summed E-state index contributed by atoms with van der Waals surface area (Å²) >= 11 is 0. The van der Waals surface area contributed by atoms with Crippen molar-refractivity contribution in [1.82, 2.24) is 15.0 Å². The summed E-state index contributed by atoms with van der Waals surface area (Å²) in [5, 5.41) is -0.254. The van der Waals surface area contributed by atoms with Gasteiger partial charge in [0.2, 0.25) is 0 Å². The summed E-state index contributed by atoms with van der Waals surface area (Å²) < 4.78 is 102. The summed E-state index contributed by atoms with van der Waals surface area (Å²) in [4.78, 5) is 14.6. The van der Waals surface area contributed by atoms with Gasteiger partial charge >= 0.3 is 0 Å². The number of aromatic nitrogens is 3. The molecular formula is C45H29N3O. The molecule has 0 N–H and O–H groups in total. The van der Waals surface area contributed by atoms with E-state index in [1.807, 2.05) is 109 Å². The molecule has 7 aromatic carbocycles. The lowest BCUT2D eigenvalue weighted by Crippen LogP contribution is -2.00. The summed E-state index contributed by atoms with van der Waals surface area (Å²) in [6.07, 6.45) is 0. The normalized spacial score (nSPS) is 14.4. The van der Waals surface area contributed by atoms with Gasteiger partial charge in [-0.1, -0.05) is 151 Å². The summed E-state index contributed by atoms with van der Waals surface area (Å²) in [6, 6.07) is 28.0. The molecular weight excluding hydrogens is 599 g/mol. The van der Waals surface area contributed by atoms with Crippen molar-refractivity contribution in [3.8, 4) is 67.5 Å². The topological polar surface area (TPSA) is 51.8 Å². The van der Waals surface area contributed by atoms with E-state index in [0.717, 1.165) is 22.3 Å². The van der Waals surface area contributed by atoms with E-state index in [9.17, 15) is 2.74 Å². The molecule has 0 atom stereocenters. The Morgan fingerprint density at radius 1 is 0.408 bits per heavy atom. The number of hydrogen-bond donors (Lipinski definition) is 0. The van der Waals surface area contributed by atoms with E-state index in [0.29, 0.717) is 11.1 Å². The van der Waals surface area contributed by atoms with E-state index in [-0.39, 0.29) is 45.0 Å². The molecule has 0 saturated heterocycles. The highest BCUT2D eigenvalue weighted by molar-refractivity contribution is 6.12. The summed E-state index contributed by atoms with van der Waals surface area (Å²) in [5.41, 5.74) is 3.38. The Kier molecular flexibility index (Phi) is 4.78. The van der Waals surface area contributed by atoms with Gasteiger partial charge in [0, 0.05) is 27.5 Å². The average Bonchev–Trinajstić information content (AvgIpc) is 3.69. The van der Waals surface area contributed by atoms with Gasteiger partial charge in [-0.05, 0) is 57.6 Å². The molecule has 9 aromatic rings. The van der Waals surface area contributed by atoms with Gasteiger partial charge < -0.3 is 4.42 Å². The van der Waals surface area contributed by atoms with Crippen LogP contribution in [0, 0.1) is 0 Å². The van der Waals surface area contributed by atoms with Gasteiger partial charge in [-0.15, -0.1) is 0 Å². The number of hydrogen-bond acceptors (Lipinski definition) is 4. The maximum Gasteiger partial charge on any atom is 0.164 e. The second-order valence-electron chi connectivity index (χ2n) is 11.2. The van der Waals surface area contributed by atoms with Crippen LogP contribution < -0.4 is 0 Å². The lowest BCUT2D eigenvalue weighted by atomic mass is 10.0. The molecule has 49 heavy (non-hydrogen) atoms. The molecule has 0 bridgehead atoms. The van der Waals surface area contributed by atoms with Gasteiger partial charge in [-0.25, -0.2) is 15.0 Å². The molecule has 0 saturated carbocycles. The Bertz CT molecular complexity index is 3180. The van der Waals surface area contributed by atoms with Crippen molar-refractivity contribution >= 4 is 21.9 Å². The van der Waals surface area contributed by atoms with E-state index in [4.69, 9.17) is 31.7 Å². The average molecular weight is 639 g/mol. The Hall–Kier alpha value is -6.65. The fourth-order valence-electron chi connectivity index (χ4n) is 5.78. The van der Waals surface area contributed by atoms with Crippen LogP contribution in [0.4, 0.5) is 0 Å². The number of benzene rings is 7. The molecule has 0 aliphatic rings. The zero-order valence-electron chi connectivity index (χ0n) is 36.6. The monoisotopic (exact) mass is 638 g/mol. The Balaban J connectivity index is 1.36. The lowest BCUT2D eigenvalue weighted by Gasteiger charge is -2.11. The largest absolute Gasteiger partial charge is 0.456 e. The fourth-order valence-corrected chi connectivity index (χ4v) is 5.78. The third-order valence-corrected chi connectivity index (χ3v) is 8.16. The molecule has 4 nitrogen and oxygen atoms in total. The zero-order chi connectivity index (χ0) is 42.1. The minimum Gasteiger partial charge on any atom is -0.456 e. The predicted molar refractivity (Wildman–Crippen MR) is 200 cm³/mol. The van der Waals surface area contributed by atoms with Gasteiger partial charge in [0.15, 0.2) is 17.5 Å². The van der Waals surface area contributed by atoms with Crippen LogP contribution >= 0.6 is 0 Å². The quantitative estimate of drug-likeness (QED) is 0.182. The van der Waals surface area contributed by atoms with Crippen molar-refractivity contribution in [2.24, 2.45) is 0 Å². The first kappa shape index (κ1) is 19.2. The van der Waals surface area contributed by atoms with E-state index in [2.05, 4.69) is 0 Å². The Morgan fingerprint density at radius 3 is 1.78 bits per heavy atom. The molecule has 2 aromatic heterocycles. The summed E-state index contributed by atoms with van der Waals surface area (Å²) in [5.74, 6) is 0.313. The van der Waals surface area contributed by atoms with Crippen LogP contribution in [0.1, 0.15) is 15.1 Å². The van der Waals surface area contributed by atoms with Crippen molar-refractivity contribution in [2.45, 2.75) is 0 Å². The lowest BCUT2D eigenvalue weighted by molar-refractivity contribution is 0.669. The van der Waals surface area contributed by atoms with Crippen LogP contribution in [0.15, 0.2) is 180 Å². The first-order valence-electron chi connectivity index (χ1n) is 21.0. The summed E-state index contributed by atoms with van der Waals surface area (Å²) in [7, 11) is 0. The minimum absolute atomic E-state index is 0.0799. The predicted octanol–water partition coefficient (Wildman–Crippen LogP) is 11.8. The van der Waals surface area contributed by atoms with E-state index in [1.165, 1.54) is 0 Å². The number of fused-ring (bicyclic) bond motifs is 3. The Labute approximate surface area is 299 Å². The van der Waals surface area contributed by atoms with Crippen molar-refractivity contribution in [3.05, 3.63) is 176 Å². The molecule has 0 aliphatic heterocycles. The highest BCUT2D eigenvalue weighted by atomic mass is 16.3. The molecule has 0 fully saturated rings. The molecule has 0 spiro atoms. The number of furan rings is 1. The SMILES string of the molecule is [2H]c1c([2H])c([2H])c(-c2c([2H])c([2H])c3oc4c([2H])c([2H])c([2H])c(-c5nc(-c6ccc(-c7ccccc7)cc6)nc(-c6cccc(-c7ccccc7)c6)n5)c4c3c2[2H])c([2H])c1[2H]. The smallest absolute Gasteiger partial charge is 0.164 e. The van der Waals surface area contributed by atoms with Crippen molar-refractivity contribution < 1.29 is 19.5 Å². The van der Waals surface area contributed by atoms with Crippen LogP contribution in [0.25, 0.3) is 89.5 Å². The highest BCUT2D eigenvalue weighted by Gasteiger charge is 2.19. The highest BCUT2D eigenvalue weighted by Crippen LogP contribution is 2.38. The molecule has 0 radical (unpaired) electrons. The van der Waals surface area contributed by atoms with Crippen LogP contribution in [-0.2, 0) is 0 Å². The number of nitrogens with zero attached hydrogens (tertiary/aromatic N) is 3. The Morgan fingerprint density at radius 2 is 1.02 bits per heavy atom. The van der Waals surface area contributed by atoms with Gasteiger partial charge in [0.25, 0.3) is 0 Å². The van der Waals surface area contributed by atoms with Gasteiger partial charge in [0.1, 0.15) is 11.2 Å². The van der Waals surface area contributed by atoms with Crippen molar-refractivity contribution in [1.29, 1.82) is 0 Å². The van der Waals surface area contributed by atoms with Crippen LogP contribution in [0.5, 0.6) is 0 Å². The first-order valence-corrected chi connectivity index (χ1v) is 15.5. The third-order valence-electron chi connectivity index (χ3n) is 8.16. The number of rotatable bonds is 6. The van der Waals surface area contributed by atoms with Gasteiger partial charge in [-0.2, -0.15) is 0 Å². The molecule has 0 aliphatic carbocycles. The second kappa shape index (κ2) is 12.2. The van der Waals surface area contributed by atoms with E-state index in [1.54, 1.807) is 0 Å². The zero-order valence-corrected chi connectivity index (χ0v) is 25.6. The maximum absolute atomic E-state index is 9.48. The van der Waals surface area contributed by atoms with Gasteiger partial charge in [-0.3, -0.25) is 0 Å². The molecule has 9 rings (SSSR count). The first-order chi connectivity index (χ1) is 28.8. The molecule has 2 heterocycles. The van der Waals surface area contributed by atoms with Crippen LogP contribution in [-0.4, -0.2) is 15.0 Å². The van der Waals surface area contributed by atoms with E-state index < -0.39 is 77.6 Å². The van der Waals surface area contributed by atoms with Crippen molar-refractivity contribution in [2.75, 3.05) is 0 Å². The fraction of sp³-hybridized carbons (Fsp3) is 0. The van der Waals surface area contributed by atoms with Crippen molar-refractivity contribution in [3.63, 3.8) is 0 Å². The minimum atomic E-state index is -0.687. The second-order valence-corrected chi connectivity index (χ2v) is 11.2. The third kappa shape index (κ3) is 5.45. The van der Waals surface area contributed by atoms with E-state index >= 15 is 0 Å². The maximum atomic E-state index is 9.48. The molecule has 0 amide bonds.